The number of thiophene rings is 1. The van der Waals surface area contributed by atoms with E-state index in [0.29, 0.717) is 6.61 Å². The fourth-order valence-electron chi connectivity index (χ4n) is 2.65. The number of hydrogen-bond donors (Lipinski definition) is 0. The van der Waals surface area contributed by atoms with Crippen LogP contribution in [-0.4, -0.2) is 37.0 Å². The zero-order valence-corrected chi connectivity index (χ0v) is 13.5. The average molecular weight is 316 g/mol. The molecule has 2 aromatic rings. The molecule has 1 saturated heterocycles. The van der Waals surface area contributed by atoms with Gasteiger partial charge in [0.2, 0.25) is 5.91 Å². The second-order valence-electron chi connectivity index (χ2n) is 5.33. The molecular weight excluding hydrogens is 296 g/mol. The van der Waals surface area contributed by atoms with E-state index in [1.54, 1.807) is 18.3 Å². The Morgan fingerprint density at radius 1 is 1.14 bits per heavy atom. The lowest BCUT2D eigenvalue weighted by atomic mass is 10.2. The predicted octanol–water partition coefficient (Wildman–Crippen LogP) is 3.00. The molecule has 0 spiro atoms. The molecule has 0 aliphatic carbocycles. The SMILES string of the molecule is CC(=O)N1CCN(c2ccccc2OCc2cccs2)CC1. The van der Waals surface area contributed by atoms with Crippen LogP contribution in [0.3, 0.4) is 0 Å². The lowest BCUT2D eigenvalue weighted by molar-refractivity contribution is -0.129. The van der Waals surface area contributed by atoms with Gasteiger partial charge in [-0.05, 0) is 23.6 Å². The van der Waals surface area contributed by atoms with Crippen LogP contribution in [-0.2, 0) is 11.4 Å². The van der Waals surface area contributed by atoms with Gasteiger partial charge in [0.05, 0.1) is 5.69 Å². The molecule has 1 aromatic carbocycles. The summed E-state index contributed by atoms with van der Waals surface area (Å²) in [5.74, 6) is 1.06. The summed E-state index contributed by atoms with van der Waals surface area (Å²) in [5, 5.41) is 2.06. The molecule has 0 bridgehead atoms. The molecule has 22 heavy (non-hydrogen) atoms. The van der Waals surface area contributed by atoms with E-state index in [4.69, 9.17) is 4.74 Å². The highest BCUT2D eigenvalue weighted by atomic mass is 32.1. The van der Waals surface area contributed by atoms with Crippen molar-refractivity contribution in [2.75, 3.05) is 31.1 Å². The number of benzene rings is 1. The van der Waals surface area contributed by atoms with Gasteiger partial charge < -0.3 is 14.5 Å². The van der Waals surface area contributed by atoms with Crippen LogP contribution >= 0.6 is 11.3 Å². The first kappa shape index (κ1) is 14.9. The smallest absolute Gasteiger partial charge is 0.219 e. The monoisotopic (exact) mass is 316 g/mol. The number of piperazine rings is 1. The first-order valence-electron chi connectivity index (χ1n) is 7.49. The van der Waals surface area contributed by atoms with E-state index in [0.717, 1.165) is 37.6 Å². The third kappa shape index (κ3) is 3.42. The molecular formula is C17H20N2O2S. The minimum atomic E-state index is 0.155. The maximum atomic E-state index is 11.4. The number of para-hydroxylation sites is 2. The number of carbonyl (C=O) groups is 1. The molecule has 1 aliphatic rings. The Bertz CT molecular complexity index is 619. The molecule has 4 nitrogen and oxygen atoms in total. The fraction of sp³-hybridized carbons (Fsp3) is 0.353. The maximum Gasteiger partial charge on any atom is 0.219 e. The van der Waals surface area contributed by atoms with Crippen LogP contribution in [0.15, 0.2) is 41.8 Å². The van der Waals surface area contributed by atoms with Crippen LogP contribution in [0.5, 0.6) is 5.75 Å². The fourth-order valence-corrected chi connectivity index (χ4v) is 3.26. The van der Waals surface area contributed by atoms with Crippen molar-refractivity contribution < 1.29 is 9.53 Å². The van der Waals surface area contributed by atoms with Gasteiger partial charge in [-0.1, -0.05) is 18.2 Å². The summed E-state index contributed by atoms with van der Waals surface area (Å²) in [5.41, 5.74) is 1.11. The van der Waals surface area contributed by atoms with Crippen molar-refractivity contribution in [2.24, 2.45) is 0 Å². The Hall–Kier alpha value is -2.01. The normalized spacial score (nSPS) is 15.0. The first-order valence-corrected chi connectivity index (χ1v) is 8.36. The molecule has 0 N–H and O–H groups in total. The molecule has 0 atom stereocenters. The van der Waals surface area contributed by atoms with E-state index in [-0.39, 0.29) is 5.91 Å². The van der Waals surface area contributed by atoms with Crippen LogP contribution in [0.1, 0.15) is 11.8 Å². The van der Waals surface area contributed by atoms with Crippen LogP contribution in [0, 0.1) is 0 Å². The summed E-state index contributed by atoms with van der Waals surface area (Å²) in [4.78, 5) is 16.8. The second kappa shape index (κ2) is 6.83. The Balaban J connectivity index is 1.67. The molecule has 0 unspecified atom stereocenters. The van der Waals surface area contributed by atoms with E-state index in [1.807, 2.05) is 29.2 Å². The predicted molar refractivity (Wildman–Crippen MR) is 89.6 cm³/mol. The Morgan fingerprint density at radius 2 is 1.91 bits per heavy atom. The third-order valence-corrected chi connectivity index (χ3v) is 4.73. The topological polar surface area (TPSA) is 32.8 Å². The largest absolute Gasteiger partial charge is 0.486 e. The van der Waals surface area contributed by atoms with Crippen LogP contribution < -0.4 is 9.64 Å². The lowest BCUT2D eigenvalue weighted by Crippen LogP contribution is -2.48. The summed E-state index contributed by atoms with van der Waals surface area (Å²) in [6.07, 6.45) is 0. The van der Waals surface area contributed by atoms with Gasteiger partial charge in [-0.2, -0.15) is 0 Å². The average Bonchev–Trinajstić information content (AvgIpc) is 3.07. The number of rotatable bonds is 4. The van der Waals surface area contributed by atoms with E-state index < -0.39 is 0 Å². The van der Waals surface area contributed by atoms with Gasteiger partial charge in [0, 0.05) is 38.0 Å². The molecule has 3 rings (SSSR count). The molecule has 1 amide bonds. The number of carbonyl (C=O) groups excluding carboxylic acids is 1. The molecule has 0 saturated carbocycles. The Morgan fingerprint density at radius 3 is 2.59 bits per heavy atom. The number of amides is 1. The molecule has 1 aromatic heterocycles. The minimum absolute atomic E-state index is 0.155. The van der Waals surface area contributed by atoms with Gasteiger partial charge in [-0.25, -0.2) is 0 Å². The van der Waals surface area contributed by atoms with Crippen molar-refractivity contribution in [3.8, 4) is 5.75 Å². The molecule has 0 radical (unpaired) electrons. The van der Waals surface area contributed by atoms with Crippen LogP contribution in [0.4, 0.5) is 5.69 Å². The summed E-state index contributed by atoms with van der Waals surface area (Å²) < 4.78 is 6.00. The van der Waals surface area contributed by atoms with Crippen molar-refractivity contribution in [1.82, 2.24) is 4.90 Å². The summed E-state index contributed by atoms with van der Waals surface area (Å²) in [6, 6.07) is 12.3. The number of ether oxygens (including phenoxy) is 1. The molecule has 116 valence electrons. The summed E-state index contributed by atoms with van der Waals surface area (Å²) >= 11 is 1.70. The molecule has 5 heteroatoms. The first-order chi connectivity index (χ1) is 10.7. The standard InChI is InChI=1S/C17H20N2O2S/c1-14(20)18-8-10-19(11-9-18)16-6-2-3-7-17(16)21-13-15-5-4-12-22-15/h2-7,12H,8-11,13H2,1H3. The minimum Gasteiger partial charge on any atom is -0.486 e. The maximum absolute atomic E-state index is 11.4. The third-order valence-electron chi connectivity index (χ3n) is 3.88. The highest BCUT2D eigenvalue weighted by molar-refractivity contribution is 7.09. The van der Waals surface area contributed by atoms with Crippen LogP contribution in [0.2, 0.25) is 0 Å². The van der Waals surface area contributed by atoms with Crippen molar-refractivity contribution in [1.29, 1.82) is 0 Å². The van der Waals surface area contributed by atoms with Gasteiger partial charge in [-0.15, -0.1) is 11.3 Å². The number of nitrogens with zero attached hydrogens (tertiary/aromatic N) is 2. The molecule has 1 fully saturated rings. The van der Waals surface area contributed by atoms with E-state index in [9.17, 15) is 4.79 Å². The molecule has 2 heterocycles. The van der Waals surface area contributed by atoms with Gasteiger partial charge >= 0.3 is 0 Å². The van der Waals surface area contributed by atoms with Crippen LogP contribution in [0.25, 0.3) is 0 Å². The number of anilines is 1. The number of hydrogen-bond acceptors (Lipinski definition) is 4. The van der Waals surface area contributed by atoms with Gasteiger partial charge in [0.25, 0.3) is 0 Å². The quantitative estimate of drug-likeness (QED) is 0.869. The zero-order chi connectivity index (χ0) is 15.4. The van der Waals surface area contributed by atoms with E-state index >= 15 is 0 Å². The van der Waals surface area contributed by atoms with Crippen molar-refractivity contribution in [3.05, 3.63) is 46.7 Å². The zero-order valence-electron chi connectivity index (χ0n) is 12.7. The summed E-state index contributed by atoms with van der Waals surface area (Å²) in [7, 11) is 0. The Kier molecular flexibility index (Phi) is 4.63. The van der Waals surface area contributed by atoms with E-state index in [1.165, 1.54) is 4.88 Å². The van der Waals surface area contributed by atoms with E-state index in [2.05, 4.69) is 22.4 Å². The van der Waals surface area contributed by atoms with Crippen molar-refractivity contribution >= 4 is 22.9 Å². The molecule has 1 aliphatic heterocycles. The van der Waals surface area contributed by atoms with Crippen molar-refractivity contribution in [2.45, 2.75) is 13.5 Å². The van der Waals surface area contributed by atoms with Crippen molar-refractivity contribution in [3.63, 3.8) is 0 Å². The highest BCUT2D eigenvalue weighted by Gasteiger charge is 2.20. The summed E-state index contributed by atoms with van der Waals surface area (Å²) in [6.45, 7) is 5.47. The van der Waals surface area contributed by atoms with Gasteiger partial charge in [0.15, 0.2) is 0 Å². The second-order valence-corrected chi connectivity index (χ2v) is 6.36. The van der Waals surface area contributed by atoms with Gasteiger partial charge in [-0.3, -0.25) is 4.79 Å². The Labute approximate surface area is 134 Å². The highest BCUT2D eigenvalue weighted by Crippen LogP contribution is 2.29. The lowest BCUT2D eigenvalue weighted by Gasteiger charge is -2.36. The van der Waals surface area contributed by atoms with Gasteiger partial charge in [0.1, 0.15) is 12.4 Å².